The van der Waals surface area contributed by atoms with Gasteiger partial charge in [-0.15, -0.1) is 0 Å². The third kappa shape index (κ3) is 4.16. The molecule has 8 heteroatoms. The largest absolute Gasteiger partial charge is 0.361 e. The Morgan fingerprint density at radius 1 is 1.10 bits per heavy atom. The second-order valence-electron chi connectivity index (χ2n) is 7.60. The molecule has 3 amide bonds. The molecule has 2 aliphatic rings. The summed E-state index contributed by atoms with van der Waals surface area (Å²) >= 11 is 0. The maximum Gasteiger partial charge on any atom is 0.276 e. The molecule has 8 nitrogen and oxygen atoms in total. The van der Waals surface area contributed by atoms with Gasteiger partial charge in [-0.05, 0) is 12.5 Å². The molecule has 0 bridgehead atoms. The fourth-order valence-electron chi connectivity index (χ4n) is 3.91. The second-order valence-corrected chi connectivity index (χ2v) is 7.60. The number of piperazine rings is 1. The van der Waals surface area contributed by atoms with E-state index in [1.807, 2.05) is 30.3 Å². The van der Waals surface area contributed by atoms with Crippen LogP contribution >= 0.6 is 0 Å². The van der Waals surface area contributed by atoms with Crippen LogP contribution < -0.4 is 0 Å². The summed E-state index contributed by atoms with van der Waals surface area (Å²) in [4.78, 5) is 42.9. The number of nitrogens with zero attached hydrogens (tertiary/aromatic N) is 4. The van der Waals surface area contributed by atoms with Gasteiger partial charge in [-0.25, -0.2) is 0 Å². The van der Waals surface area contributed by atoms with E-state index < -0.39 is 0 Å². The average molecular weight is 396 g/mol. The van der Waals surface area contributed by atoms with E-state index in [1.54, 1.807) is 27.7 Å². The van der Waals surface area contributed by atoms with Crippen LogP contribution in [0.2, 0.25) is 0 Å². The van der Waals surface area contributed by atoms with Crippen LogP contribution in [0.1, 0.15) is 28.2 Å². The molecule has 152 valence electrons. The molecule has 2 aromatic rings. The molecular weight excluding hydrogens is 372 g/mol. The normalized spacial score (nSPS) is 19.7. The molecule has 2 saturated heterocycles. The predicted molar refractivity (Wildman–Crippen MR) is 104 cm³/mol. The molecule has 3 heterocycles. The van der Waals surface area contributed by atoms with E-state index in [0.717, 1.165) is 5.56 Å². The van der Waals surface area contributed by atoms with Gasteiger partial charge in [-0.1, -0.05) is 35.5 Å². The van der Waals surface area contributed by atoms with Crippen LogP contribution in [0.25, 0.3) is 0 Å². The molecule has 2 aliphatic heterocycles. The lowest BCUT2D eigenvalue weighted by Crippen LogP contribution is -2.52. The summed E-state index contributed by atoms with van der Waals surface area (Å²) in [5, 5.41) is 3.77. The summed E-state index contributed by atoms with van der Waals surface area (Å²) < 4.78 is 4.97. The third-order valence-electron chi connectivity index (χ3n) is 5.51. The Labute approximate surface area is 169 Å². The molecule has 0 N–H and O–H groups in total. The zero-order valence-electron chi connectivity index (χ0n) is 16.4. The van der Waals surface area contributed by atoms with Crippen molar-refractivity contribution in [1.82, 2.24) is 19.9 Å². The fraction of sp³-hybridized carbons (Fsp3) is 0.429. The van der Waals surface area contributed by atoms with E-state index in [1.165, 1.54) is 0 Å². The standard InChI is InChI=1S/C21H24N4O4/c1-15-11-18(22-29-15)21(28)24-9-7-23(8-10-24)20(27)17-12-19(26)25(14-17)13-16-5-3-2-4-6-16/h2-6,11,17H,7-10,12-14H2,1H3. The Bertz CT molecular complexity index is 902. The Balaban J connectivity index is 1.30. The first-order chi connectivity index (χ1) is 14.0. The Morgan fingerprint density at radius 3 is 2.45 bits per heavy atom. The Morgan fingerprint density at radius 2 is 1.79 bits per heavy atom. The van der Waals surface area contributed by atoms with Crippen LogP contribution in [0, 0.1) is 12.8 Å². The van der Waals surface area contributed by atoms with Crippen molar-refractivity contribution >= 4 is 17.7 Å². The summed E-state index contributed by atoms with van der Waals surface area (Å²) in [5.74, 6) is 0.111. The number of hydrogen-bond acceptors (Lipinski definition) is 5. The van der Waals surface area contributed by atoms with Crippen molar-refractivity contribution in [2.24, 2.45) is 5.92 Å². The zero-order valence-corrected chi connectivity index (χ0v) is 16.4. The highest BCUT2D eigenvalue weighted by atomic mass is 16.5. The lowest BCUT2D eigenvalue weighted by atomic mass is 10.1. The predicted octanol–water partition coefficient (Wildman–Crippen LogP) is 1.32. The van der Waals surface area contributed by atoms with Crippen molar-refractivity contribution in [3.05, 3.63) is 53.4 Å². The molecule has 4 rings (SSSR count). The summed E-state index contributed by atoms with van der Waals surface area (Å²) in [5.41, 5.74) is 1.35. The van der Waals surface area contributed by atoms with Gasteiger partial charge < -0.3 is 19.2 Å². The zero-order chi connectivity index (χ0) is 20.4. The average Bonchev–Trinajstić information content (AvgIpc) is 3.34. The number of aromatic nitrogens is 1. The quantitative estimate of drug-likeness (QED) is 0.778. The minimum absolute atomic E-state index is 0.00158. The summed E-state index contributed by atoms with van der Waals surface area (Å²) in [6, 6.07) is 11.4. The van der Waals surface area contributed by atoms with Gasteiger partial charge >= 0.3 is 0 Å². The van der Waals surface area contributed by atoms with E-state index in [0.29, 0.717) is 50.7 Å². The van der Waals surface area contributed by atoms with Crippen molar-refractivity contribution in [3.63, 3.8) is 0 Å². The smallest absolute Gasteiger partial charge is 0.276 e. The number of benzene rings is 1. The monoisotopic (exact) mass is 396 g/mol. The van der Waals surface area contributed by atoms with Gasteiger partial charge in [-0.3, -0.25) is 14.4 Å². The van der Waals surface area contributed by atoms with Crippen molar-refractivity contribution in [3.8, 4) is 0 Å². The molecule has 0 radical (unpaired) electrons. The van der Waals surface area contributed by atoms with Gasteiger partial charge in [0.25, 0.3) is 5.91 Å². The molecule has 1 aromatic carbocycles. The minimum atomic E-state index is -0.313. The molecule has 0 saturated carbocycles. The first-order valence-corrected chi connectivity index (χ1v) is 9.84. The highest BCUT2D eigenvalue weighted by Crippen LogP contribution is 2.23. The summed E-state index contributed by atoms with van der Waals surface area (Å²) in [6.45, 7) is 4.54. The molecule has 29 heavy (non-hydrogen) atoms. The molecule has 2 fully saturated rings. The molecule has 0 aliphatic carbocycles. The minimum Gasteiger partial charge on any atom is -0.361 e. The van der Waals surface area contributed by atoms with Crippen molar-refractivity contribution in [2.75, 3.05) is 32.7 Å². The Hall–Kier alpha value is -3.16. The van der Waals surface area contributed by atoms with Gasteiger partial charge in [0.1, 0.15) is 5.76 Å². The second kappa shape index (κ2) is 8.06. The number of carbonyl (C=O) groups is 3. The topological polar surface area (TPSA) is 87.0 Å². The molecular formula is C21H24N4O4. The highest BCUT2D eigenvalue weighted by molar-refractivity contribution is 5.93. The van der Waals surface area contributed by atoms with E-state index in [9.17, 15) is 14.4 Å². The van der Waals surface area contributed by atoms with Crippen molar-refractivity contribution in [1.29, 1.82) is 0 Å². The molecule has 1 aromatic heterocycles. The van der Waals surface area contributed by atoms with E-state index in [4.69, 9.17) is 4.52 Å². The first-order valence-electron chi connectivity index (χ1n) is 9.84. The van der Waals surface area contributed by atoms with Crippen LogP contribution in [-0.2, 0) is 16.1 Å². The number of carbonyl (C=O) groups excluding carboxylic acids is 3. The summed E-state index contributed by atoms with van der Waals surface area (Å²) in [7, 11) is 0. The maximum atomic E-state index is 12.9. The van der Waals surface area contributed by atoms with Crippen LogP contribution in [0.5, 0.6) is 0 Å². The number of amides is 3. The van der Waals surface area contributed by atoms with Crippen molar-refractivity contribution in [2.45, 2.75) is 19.9 Å². The van der Waals surface area contributed by atoms with Gasteiger partial charge in [0.05, 0.1) is 5.92 Å². The third-order valence-corrected chi connectivity index (χ3v) is 5.51. The van der Waals surface area contributed by atoms with Gasteiger partial charge in [0, 0.05) is 51.8 Å². The number of rotatable bonds is 4. The Kier molecular flexibility index (Phi) is 5.33. The van der Waals surface area contributed by atoms with Crippen molar-refractivity contribution < 1.29 is 18.9 Å². The first kappa shape index (κ1) is 19.2. The lowest BCUT2D eigenvalue weighted by Gasteiger charge is -2.35. The van der Waals surface area contributed by atoms with Gasteiger partial charge in [0.2, 0.25) is 11.8 Å². The number of aryl methyl sites for hydroxylation is 1. The van der Waals surface area contributed by atoms with Crippen LogP contribution in [0.3, 0.4) is 0 Å². The maximum absolute atomic E-state index is 12.9. The lowest BCUT2D eigenvalue weighted by molar-refractivity contribution is -0.137. The van der Waals surface area contributed by atoms with E-state index >= 15 is 0 Å². The van der Waals surface area contributed by atoms with Crippen LogP contribution in [-0.4, -0.2) is 70.3 Å². The van der Waals surface area contributed by atoms with E-state index in [-0.39, 0.29) is 30.1 Å². The molecule has 0 spiro atoms. The molecule has 1 unspecified atom stereocenters. The number of hydrogen-bond donors (Lipinski definition) is 0. The van der Waals surface area contributed by atoms with E-state index in [2.05, 4.69) is 5.16 Å². The SMILES string of the molecule is Cc1cc(C(=O)N2CCN(C(=O)C3CC(=O)N(Cc4ccccc4)C3)CC2)no1. The fourth-order valence-corrected chi connectivity index (χ4v) is 3.91. The van der Waals surface area contributed by atoms with Gasteiger partial charge in [0.15, 0.2) is 5.69 Å². The van der Waals surface area contributed by atoms with Gasteiger partial charge in [-0.2, -0.15) is 0 Å². The molecule has 1 atom stereocenters. The van der Waals surface area contributed by atoms with Crippen LogP contribution in [0.15, 0.2) is 40.9 Å². The summed E-state index contributed by atoms with van der Waals surface area (Å²) in [6.07, 6.45) is 0.253. The van der Waals surface area contributed by atoms with Crippen LogP contribution in [0.4, 0.5) is 0 Å². The highest BCUT2D eigenvalue weighted by Gasteiger charge is 2.37. The number of likely N-dealkylation sites (tertiary alicyclic amines) is 1.